The topological polar surface area (TPSA) is 106 Å². The van der Waals surface area contributed by atoms with Crippen LogP contribution in [0.4, 0.5) is 0 Å². The molecule has 0 aliphatic rings. The number of benzene rings is 3. The Hall–Kier alpha value is -3.36. The number of aliphatic imine (C=N–C) groups is 1. The van der Waals surface area contributed by atoms with Crippen molar-refractivity contribution in [3.63, 3.8) is 0 Å². The van der Waals surface area contributed by atoms with Crippen LogP contribution in [-0.2, 0) is 23.1 Å². The summed E-state index contributed by atoms with van der Waals surface area (Å²) in [5.41, 5.74) is 2.86. The third-order valence-corrected chi connectivity index (χ3v) is 5.46. The largest absolute Gasteiger partial charge is 0.457 e. The highest BCUT2D eigenvalue weighted by Gasteiger charge is 2.09. The minimum Gasteiger partial charge on any atom is -0.457 e. The number of sulfonamides is 1. The molecule has 7 nitrogen and oxygen atoms in total. The van der Waals surface area contributed by atoms with Crippen molar-refractivity contribution < 1.29 is 13.2 Å². The van der Waals surface area contributed by atoms with Gasteiger partial charge in [0.05, 0.1) is 4.90 Å². The van der Waals surface area contributed by atoms with Crippen LogP contribution in [0.3, 0.4) is 0 Å². The molecule has 0 bridgehead atoms. The Morgan fingerprint density at radius 3 is 2.42 bits per heavy atom. The van der Waals surface area contributed by atoms with E-state index in [-0.39, 0.29) is 4.90 Å². The molecule has 3 aromatic rings. The maximum absolute atomic E-state index is 11.5. The van der Waals surface area contributed by atoms with E-state index in [1.165, 1.54) is 6.07 Å². The van der Waals surface area contributed by atoms with Crippen LogP contribution in [0.1, 0.15) is 16.7 Å². The number of hydrogen-bond acceptors (Lipinski definition) is 4. The number of nitrogens with two attached hydrogens (primary N) is 1. The summed E-state index contributed by atoms with van der Waals surface area (Å²) >= 11 is 0. The number of para-hydroxylation sites is 1. The minimum atomic E-state index is -3.74. The van der Waals surface area contributed by atoms with E-state index in [0.717, 1.165) is 28.2 Å². The molecule has 0 atom stereocenters. The highest BCUT2D eigenvalue weighted by molar-refractivity contribution is 7.89. The summed E-state index contributed by atoms with van der Waals surface area (Å²) in [5.74, 6) is 2.12. The lowest BCUT2D eigenvalue weighted by molar-refractivity contribution is 0.474. The van der Waals surface area contributed by atoms with Crippen LogP contribution in [0, 0.1) is 6.92 Å². The van der Waals surface area contributed by atoms with Crippen LogP contribution < -0.4 is 20.5 Å². The minimum absolute atomic E-state index is 0.0807. The Labute approximate surface area is 183 Å². The van der Waals surface area contributed by atoms with Gasteiger partial charge in [0, 0.05) is 25.7 Å². The first-order valence-electron chi connectivity index (χ1n) is 9.74. The van der Waals surface area contributed by atoms with E-state index in [4.69, 9.17) is 9.88 Å². The lowest BCUT2D eigenvalue weighted by atomic mass is 10.1. The Balaban J connectivity index is 1.65. The van der Waals surface area contributed by atoms with Gasteiger partial charge in [-0.05, 0) is 48.4 Å². The number of ether oxygens (including phenoxy) is 1. The lowest BCUT2D eigenvalue weighted by Crippen LogP contribution is -2.36. The summed E-state index contributed by atoms with van der Waals surface area (Å²) in [6.07, 6.45) is 0. The molecular formula is C23H26N4O3S. The van der Waals surface area contributed by atoms with Gasteiger partial charge in [0.15, 0.2) is 5.96 Å². The molecule has 162 valence electrons. The van der Waals surface area contributed by atoms with E-state index < -0.39 is 10.0 Å². The quantitative estimate of drug-likeness (QED) is 0.388. The average molecular weight is 439 g/mol. The number of rotatable bonds is 7. The maximum atomic E-state index is 11.5. The fourth-order valence-electron chi connectivity index (χ4n) is 2.94. The van der Waals surface area contributed by atoms with Crippen LogP contribution >= 0.6 is 0 Å². The summed E-state index contributed by atoms with van der Waals surface area (Å²) in [7, 11) is -2.06. The van der Waals surface area contributed by atoms with Crippen molar-refractivity contribution in [1.29, 1.82) is 0 Å². The number of nitrogens with one attached hydrogen (secondary N) is 2. The molecule has 0 aliphatic carbocycles. The Bertz CT molecular complexity index is 1160. The first kappa shape index (κ1) is 22.3. The Morgan fingerprint density at radius 2 is 1.71 bits per heavy atom. The number of guanidine groups is 1. The zero-order valence-corrected chi connectivity index (χ0v) is 18.3. The monoisotopic (exact) mass is 438 g/mol. The fourth-order valence-corrected chi connectivity index (χ4v) is 3.52. The van der Waals surface area contributed by atoms with Crippen molar-refractivity contribution >= 4 is 16.0 Å². The van der Waals surface area contributed by atoms with Crippen molar-refractivity contribution in [3.8, 4) is 11.5 Å². The number of primary sulfonamides is 1. The Morgan fingerprint density at radius 1 is 0.968 bits per heavy atom. The van der Waals surface area contributed by atoms with Gasteiger partial charge in [-0.1, -0.05) is 42.5 Å². The smallest absolute Gasteiger partial charge is 0.238 e. The van der Waals surface area contributed by atoms with Gasteiger partial charge in [-0.3, -0.25) is 4.99 Å². The van der Waals surface area contributed by atoms with Gasteiger partial charge in [0.25, 0.3) is 0 Å². The maximum Gasteiger partial charge on any atom is 0.238 e. The molecule has 0 fully saturated rings. The summed E-state index contributed by atoms with van der Waals surface area (Å²) in [4.78, 5) is 4.31. The summed E-state index contributed by atoms with van der Waals surface area (Å²) in [6, 6.07) is 22.2. The molecule has 0 aliphatic heterocycles. The van der Waals surface area contributed by atoms with Crippen molar-refractivity contribution in [3.05, 3.63) is 89.5 Å². The molecule has 0 aromatic heterocycles. The second-order valence-electron chi connectivity index (χ2n) is 7.00. The number of aryl methyl sites for hydroxylation is 1. The highest BCUT2D eigenvalue weighted by atomic mass is 32.2. The molecule has 0 amide bonds. The van der Waals surface area contributed by atoms with Gasteiger partial charge in [-0.2, -0.15) is 0 Å². The second kappa shape index (κ2) is 10.1. The van der Waals surface area contributed by atoms with E-state index in [2.05, 4.69) is 15.6 Å². The van der Waals surface area contributed by atoms with Gasteiger partial charge in [0.1, 0.15) is 11.5 Å². The SMILES string of the molecule is CN=C(NCc1cccc(S(N)(=O)=O)c1)NCc1ccc(C)cc1Oc1ccccc1. The zero-order valence-electron chi connectivity index (χ0n) is 17.5. The molecule has 0 unspecified atom stereocenters. The van der Waals surface area contributed by atoms with E-state index >= 15 is 0 Å². The van der Waals surface area contributed by atoms with Crippen LogP contribution in [0.5, 0.6) is 11.5 Å². The van der Waals surface area contributed by atoms with Gasteiger partial charge >= 0.3 is 0 Å². The Kier molecular flexibility index (Phi) is 7.28. The predicted octanol–water partition coefficient (Wildman–Crippen LogP) is 3.30. The van der Waals surface area contributed by atoms with Gasteiger partial charge in [-0.25, -0.2) is 13.6 Å². The normalized spacial score (nSPS) is 11.8. The molecule has 0 radical (unpaired) electrons. The van der Waals surface area contributed by atoms with Crippen molar-refractivity contribution in [1.82, 2.24) is 10.6 Å². The molecule has 0 saturated heterocycles. The second-order valence-corrected chi connectivity index (χ2v) is 8.56. The summed E-state index contributed by atoms with van der Waals surface area (Å²) in [6.45, 7) is 2.91. The standard InChI is InChI=1S/C23H26N4O3S/c1-17-11-12-19(22(13-17)30-20-8-4-3-5-9-20)16-27-23(25-2)26-15-18-7-6-10-21(14-18)31(24,28)29/h3-14H,15-16H2,1-2H3,(H2,24,28,29)(H2,25,26,27). The molecule has 3 aromatic carbocycles. The van der Waals surface area contributed by atoms with E-state index in [1.807, 2.05) is 61.5 Å². The molecule has 0 heterocycles. The van der Waals surface area contributed by atoms with E-state index in [1.54, 1.807) is 19.2 Å². The average Bonchev–Trinajstić information content (AvgIpc) is 2.75. The molecule has 0 saturated carbocycles. The third-order valence-electron chi connectivity index (χ3n) is 4.55. The third kappa shape index (κ3) is 6.56. The van der Waals surface area contributed by atoms with E-state index in [0.29, 0.717) is 19.0 Å². The van der Waals surface area contributed by atoms with Gasteiger partial charge in [0.2, 0.25) is 10.0 Å². The first-order valence-corrected chi connectivity index (χ1v) is 11.3. The van der Waals surface area contributed by atoms with Crippen molar-refractivity contribution in [2.45, 2.75) is 24.9 Å². The van der Waals surface area contributed by atoms with Crippen molar-refractivity contribution in [2.24, 2.45) is 10.1 Å². The van der Waals surface area contributed by atoms with Crippen molar-refractivity contribution in [2.75, 3.05) is 7.05 Å². The summed E-state index contributed by atoms with van der Waals surface area (Å²) < 4.78 is 29.1. The van der Waals surface area contributed by atoms with Crippen LogP contribution in [0.15, 0.2) is 82.7 Å². The fraction of sp³-hybridized carbons (Fsp3) is 0.174. The van der Waals surface area contributed by atoms with Gasteiger partial charge in [-0.15, -0.1) is 0 Å². The zero-order chi connectivity index (χ0) is 22.3. The molecule has 31 heavy (non-hydrogen) atoms. The van der Waals surface area contributed by atoms with Crippen LogP contribution in [0.2, 0.25) is 0 Å². The van der Waals surface area contributed by atoms with Crippen LogP contribution in [-0.4, -0.2) is 21.4 Å². The highest BCUT2D eigenvalue weighted by Crippen LogP contribution is 2.26. The van der Waals surface area contributed by atoms with Crippen LogP contribution in [0.25, 0.3) is 0 Å². The molecule has 4 N–H and O–H groups in total. The van der Waals surface area contributed by atoms with Gasteiger partial charge < -0.3 is 15.4 Å². The summed E-state index contributed by atoms with van der Waals surface area (Å²) in [5, 5.41) is 11.6. The number of hydrogen-bond donors (Lipinski definition) is 3. The molecule has 3 rings (SSSR count). The molecular weight excluding hydrogens is 412 g/mol. The lowest BCUT2D eigenvalue weighted by Gasteiger charge is -2.15. The predicted molar refractivity (Wildman–Crippen MR) is 123 cm³/mol. The number of nitrogens with zero attached hydrogens (tertiary/aromatic N) is 1. The van der Waals surface area contributed by atoms with E-state index in [9.17, 15) is 8.42 Å². The molecule has 0 spiro atoms. The first-order chi connectivity index (χ1) is 14.8. The molecule has 8 heteroatoms.